The third kappa shape index (κ3) is 3.00. The van der Waals surface area contributed by atoms with Crippen LogP contribution >= 0.6 is 27.3 Å². The first kappa shape index (κ1) is 11.1. The monoisotopic (exact) mass is 269 g/mol. The average Bonchev–Trinajstić information content (AvgIpc) is 2.49. The zero-order chi connectivity index (χ0) is 9.90. The molecule has 1 rings (SSSR count). The molecule has 0 amide bonds. The van der Waals surface area contributed by atoms with Crippen LogP contribution in [0.2, 0.25) is 0 Å². The molecule has 0 unspecified atom stereocenters. The quantitative estimate of drug-likeness (QED) is 0.885. The van der Waals surface area contributed by atoms with E-state index in [9.17, 15) is 8.78 Å². The van der Waals surface area contributed by atoms with Gasteiger partial charge < -0.3 is 5.32 Å². The maximum atomic E-state index is 13.3. The van der Waals surface area contributed by atoms with Crippen LogP contribution in [0, 0.1) is 0 Å². The van der Waals surface area contributed by atoms with Gasteiger partial charge in [0, 0.05) is 13.0 Å². The fourth-order valence-electron chi connectivity index (χ4n) is 0.916. The van der Waals surface area contributed by atoms with Gasteiger partial charge in [0.15, 0.2) is 0 Å². The molecule has 0 aliphatic heterocycles. The molecule has 0 aliphatic carbocycles. The smallest absolute Gasteiger partial charge is 0.283 e. The molecule has 0 aliphatic rings. The first-order chi connectivity index (χ1) is 6.06. The van der Waals surface area contributed by atoms with Crippen LogP contribution in [0.1, 0.15) is 11.3 Å². The Hall–Kier alpha value is -0.0000000000000000833. The van der Waals surface area contributed by atoms with Crippen LogP contribution in [0.3, 0.4) is 0 Å². The van der Waals surface area contributed by atoms with Crippen molar-refractivity contribution < 1.29 is 8.78 Å². The minimum Gasteiger partial charge on any atom is -0.320 e. The summed E-state index contributed by atoms with van der Waals surface area (Å²) in [6.07, 6.45) is -0.156. The number of nitrogens with one attached hydrogen (secondary N) is 1. The third-order valence-electron chi connectivity index (χ3n) is 1.62. The van der Waals surface area contributed by atoms with Crippen LogP contribution in [-0.2, 0) is 5.92 Å². The largest absolute Gasteiger partial charge is 0.320 e. The molecular weight excluding hydrogens is 260 g/mol. The lowest BCUT2D eigenvalue weighted by molar-refractivity contribution is -0.00848. The Morgan fingerprint density at radius 1 is 1.54 bits per heavy atom. The van der Waals surface area contributed by atoms with Crippen LogP contribution in [0.25, 0.3) is 0 Å². The maximum absolute atomic E-state index is 13.3. The van der Waals surface area contributed by atoms with Gasteiger partial charge in [-0.15, -0.1) is 11.3 Å². The van der Waals surface area contributed by atoms with E-state index in [1.54, 1.807) is 13.1 Å². The number of alkyl halides is 2. The van der Waals surface area contributed by atoms with Crippen molar-refractivity contribution in [1.82, 2.24) is 5.32 Å². The first-order valence-corrected chi connectivity index (χ1v) is 5.45. The fourth-order valence-corrected chi connectivity index (χ4v) is 2.31. The molecule has 13 heavy (non-hydrogen) atoms. The molecule has 0 saturated carbocycles. The number of hydrogen-bond donors (Lipinski definition) is 1. The number of rotatable bonds is 4. The van der Waals surface area contributed by atoms with Crippen LogP contribution in [-0.4, -0.2) is 13.6 Å². The van der Waals surface area contributed by atoms with Crippen molar-refractivity contribution in [3.05, 3.63) is 20.8 Å². The summed E-state index contributed by atoms with van der Waals surface area (Å²) >= 11 is 4.25. The van der Waals surface area contributed by atoms with Gasteiger partial charge in [-0.1, -0.05) is 0 Å². The van der Waals surface area contributed by atoms with E-state index in [2.05, 4.69) is 21.2 Å². The minimum atomic E-state index is -2.71. The van der Waals surface area contributed by atoms with Gasteiger partial charge in [0.2, 0.25) is 0 Å². The van der Waals surface area contributed by atoms with Crippen molar-refractivity contribution in [2.75, 3.05) is 13.6 Å². The Kier molecular flexibility index (Phi) is 3.82. The summed E-state index contributed by atoms with van der Waals surface area (Å²) in [5, 5.41) is 2.71. The van der Waals surface area contributed by atoms with E-state index in [-0.39, 0.29) is 11.3 Å². The maximum Gasteiger partial charge on any atom is 0.283 e. The van der Waals surface area contributed by atoms with Crippen molar-refractivity contribution >= 4 is 27.3 Å². The highest BCUT2D eigenvalue weighted by Crippen LogP contribution is 2.37. The highest BCUT2D eigenvalue weighted by atomic mass is 79.9. The molecule has 0 atom stereocenters. The van der Waals surface area contributed by atoms with Crippen LogP contribution in [0.15, 0.2) is 15.9 Å². The lowest BCUT2D eigenvalue weighted by Gasteiger charge is -2.13. The van der Waals surface area contributed by atoms with Crippen molar-refractivity contribution in [3.63, 3.8) is 0 Å². The molecule has 1 N–H and O–H groups in total. The Labute approximate surface area is 88.3 Å². The number of hydrogen-bond acceptors (Lipinski definition) is 2. The molecule has 1 aromatic rings. The van der Waals surface area contributed by atoms with Gasteiger partial charge in [-0.2, -0.15) is 0 Å². The second-order valence-corrected chi connectivity index (χ2v) is 5.12. The van der Waals surface area contributed by atoms with Gasteiger partial charge in [-0.25, -0.2) is 8.78 Å². The van der Waals surface area contributed by atoms with Crippen molar-refractivity contribution in [2.45, 2.75) is 12.3 Å². The molecule has 0 fully saturated rings. The molecule has 0 radical (unpaired) electrons. The highest BCUT2D eigenvalue weighted by Gasteiger charge is 2.32. The summed E-state index contributed by atoms with van der Waals surface area (Å²) in [5.41, 5.74) is 0. The van der Waals surface area contributed by atoms with Crippen LogP contribution in [0.4, 0.5) is 8.78 Å². The van der Waals surface area contributed by atoms with E-state index >= 15 is 0 Å². The second kappa shape index (κ2) is 4.48. The second-order valence-electron chi connectivity index (χ2n) is 2.66. The lowest BCUT2D eigenvalue weighted by atomic mass is 10.2. The lowest BCUT2D eigenvalue weighted by Crippen LogP contribution is -2.19. The van der Waals surface area contributed by atoms with Crippen LogP contribution < -0.4 is 5.32 Å². The fraction of sp³-hybridized carbons (Fsp3) is 0.500. The third-order valence-corrected chi connectivity index (χ3v) is 3.36. The molecule has 5 heteroatoms. The van der Waals surface area contributed by atoms with Gasteiger partial charge in [-0.05, 0) is 35.1 Å². The molecular formula is C8H10BrF2NS. The summed E-state index contributed by atoms with van der Waals surface area (Å²) in [7, 11) is 1.67. The van der Waals surface area contributed by atoms with Crippen molar-refractivity contribution in [3.8, 4) is 0 Å². The Morgan fingerprint density at radius 3 is 2.69 bits per heavy atom. The average molecular weight is 270 g/mol. The highest BCUT2D eigenvalue weighted by molar-refractivity contribution is 9.11. The van der Waals surface area contributed by atoms with E-state index < -0.39 is 5.92 Å². The van der Waals surface area contributed by atoms with Gasteiger partial charge in [0.1, 0.15) is 0 Å². The van der Waals surface area contributed by atoms with E-state index in [0.29, 0.717) is 6.54 Å². The molecule has 0 spiro atoms. The summed E-state index contributed by atoms with van der Waals surface area (Å²) in [6, 6.07) is 3.11. The van der Waals surface area contributed by atoms with E-state index in [0.717, 1.165) is 15.1 Å². The molecule has 0 aromatic carbocycles. The van der Waals surface area contributed by atoms with Gasteiger partial charge in [-0.3, -0.25) is 0 Å². The van der Waals surface area contributed by atoms with Crippen LogP contribution in [0.5, 0.6) is 0 Å². The number of halogens is 3. The summed E-state index contributed by atoms with van der Waals surface area (Å²) in [5.74, 6) is -2.71. The van der Waals surface area contributed by atoms with E-state index in [1.165, 1.54) is 6.07 Å². The van der Waals surface area contributed by atoms with Gasteiger partial charge >= 0.3 is 0 Å². The predicted octanol–water partition coefficient (Wildman–Crippen LogP) is 3.21. The van der Waals surface area contributed by atoms with Gasteiger partial charge in [0.25, 0.3) is 5.92 Å². The molecule has 1 aromatic heterocycles. The summed E-state index contributed by atoms with van der Waals surface area (Å²) in [4.78, 5) is 0.120. The molecule has 0 bridgehead atoms. The predicted molar refractivity (Wildman–Crippen MR) is 54.5 cm³/mol. The molecule has 0 saturated heterocycles. The Bertz CT molecular complexity index is 275. The molecule has 1 nitrogen and oxygen atoms in total. The molecule has 1 heterocycles. The first-order valence-electron chi connectivity index (χ1n) is 3.84. The zero-order valence-electron chi connectivity index (χ0n) is 7.11. The Balaban J connectivity index is 2.68. The van der Waals surface area contributed by atoms with Crippen molar-refractivity contribution in [2.24, 2.45) is 0 Å². The SMILES string of the molecule is CNCCC(F)(F)c1ccc(Br)s1. The number of thiophene rings is 1. The zero-order valence-corrected chi connectivity index (χ0v) is 9.51. The topological polar surface area (TPSA) is 12.0 Å². The van der Waals surface area contributed by atoms with Crippen molar-refractivity contribution in [1.29, 1.82) is 0 Å². The van der Waals surface area contributed by atoms with E-state index in [4.69, 9.17) is 0 Å². The van der Waals surface area contributed by atoms with Gasteiger partial charge in [0.05, 0.1) is 8.66 Å². The van der Waals surface area contributed by atoms with E-state index in [1.807, 2.05) is 0 Å². The summed E-state index contributed by atoms with van der Waals surface area (Å²) in [6.45, 7) is 0.322. The summed E-state index contributed by atoms with van der Waals surface area (Å²) < 4.78 is 27.4. The standard InChI is InChI=1S/C8H10BrF2NS/c1-12-5-4-8(10,11)6-2-3-7(9)13-6/h2-3,12H,4-5H2,1H3. The molecule has 74 valence electrons. The Morgan fingerprint density at radius 2 is 2.23 bits per heavy atom. The minimum absolute atomic E-state index is 0.120. The normalized spacial score (nSPS) is 12.0.